The Bertz CT molecular complexity index is 475. The zero-order valence-electron chi connectivity index (χ0n) is 13.7. The Labute approximate surface area is 127 Å². The van der Waals surface area contributed by atoms with Crippen LogP contribution in [0, 0.1) is 5.41 Å². The lowest BCUT2D eigenvalue weighted by atomic mass is 9.85. The van der Waals surface area contributed by atoms with Gasteiger partial charge in [-0.1, -0.05) is 38.1 Å². The van der Waals surface area contributed by atoms with Crippen molar-refractivity contribution in [1.29, 1.82) is 0 Å². The monoisotopic (exact) mass is 293 g/mol. The quantitative estimate of drug-likeness (QED) is 0.876. The molecule has 0 aromatic heterocycles. The summed E-state index contributed by atoms with van der Waals surface area (Å²) >= 11 is 0. The molecule has 0 fully saturated rings. The highest BCUT2D eigenvalue weighted by Crippen LogP contribution is 2.23. The number of carbonyl (C=O) groups excluding carboxylic acids is 1. The predicted octanol–water partition coefficient (Wildman–Crippen LogP) is 3.27. The van der Waals surface area contributed by atoms with E-state index in [9.17, 15) is 9.90 Å². The maximum absolute atomic E-state index is 11.7. The molecular formula is C17H27NO3. The number of amides is 1. The van der Waals surface area contributed by atoms with Gasteiger partial charge in [0.15, 0.2) is 0 Å². The van der Waals surface area contributed by atoms with Gasteiger partial charge in [-0.15, -0.1) is 0 Å². The Morgan fingerprint density at radius 1 is 1.14 bits per heavy atom. The minimum Gasteiger partial charge on any atom is -0.444 e. The number of aliphatic hydroxyl groups is 1. The van der Waals surface area contributed by atoms with Crippen LogP contribution < -0.4 is 5.32 Å². The standard InChI is InChI=1S/C17H27NO3/c1-16(2,3)21-15(20)18-11-14-9-7-6-8-13(14)10-17(4,5)12-19/h6-9,19H,10-12H2,1-5H3,(H,18,20). The van der Waals surface area contributed by atoms with E-state index in [0.717, 1.165) is 17.5 Å². The van der Waals surface area contributed by atoms with E-state index in [-0.39, 0.29) is 12.0 Å². The second kappa shape index (κ2) is 6.94. The number of carbonyl (C=O) groups is 1. The molecule has 2 N–H and O–H groups in total. The zero-order valence-corrected chi connectivity index (χ0v) is 13.7. The Morgan fingerprint density at radius 3 is 2.24 bits per heavy atom. The minimum absolute atomic E-state index is 0.126. The van der Waals surface area contributed by atoms with Crippen molar-refractivity contribution in [3.63, 3.8) is 0 Å². The maximum Gasteiger partial charge on any atom is 0.407 e. The zero-order chi connectivity index (χ0) is 16.1. The van der Waals surface area contributed by atoms with E-state index in [2.05, 4.69) is 5.32 Å². The average molecular weight is 293 g/mol. The smallest absolute Gasteiger partial charge is 0.407 e. The van der Waals surface area contributed by atoms with Crippen molar-refractivity contribution in [2.24, 2.45) is 5.41 Å². The van der Waals surface area contributed by atoms with Crippen LogP contribution in [0.1, 0.15) is 45.7 Å². The highest BCUT2D eigenvalue weighted by molar-refractivity contribution is 5.67. The van der Waals surface area contributed by atoms with E-state index < -0.39 is 11.7 Å². The van der Waals surface area contributed by atoms with Crippen LogP contribution in [-0.2, 0) is 17.7 Å². The maximum atomic E-state index is 11.7. The van der Waals surface area contributed by atoms with Gasteiger partial charge < -0.3 is 15.2 Å². The van der Waals surface area contributed by atoms with Gasteiger partial charge >= 0.3 is 6.09 Å². The van der Waals surface area contributed by atoms with E-state index in [0.29, 0.717) is 6.54 Å². The number of benzene rings is 1. The van der Waals surface area contributed by atoms with Crippen molar-refractivity contribution in [2.45, 2.75) is 53.2 Å². The van der Waals surface area contributed by atoms with Crippen molar-refractivity contribution in [1.82, 2.24) is 5.32 Å². The van der Waals surface area contributed by atoms with Gasteiger partial charge in [0.1, 0.15) is 5.60 Å². The summed E-state index contributed by atoms with van der Waals surface area (Å²) in [4.78, 5) is 11.7. The molecule has 118 valence electrons. The lowest BCUT2D eigenvalue weighted by Crippen LogP contribution is -2.32. The largest absolute Gasteiger partial charge is 0.444 e. The van der Waals surface area contributed by atoms with E-state index in [1.165, 1.54) is 0 Å². The molecular weight excluding hydrogens is 266 g/mol. The fraction of sp³-hybridized carbons (Fsp3) is 0.588. The van der Waals surface area contributed by atoms with Crippen LogP contribution in [-0.4, -0.2) is 23.4 Å². The Morgan fingerprint density at radius 2 is 1.71 bits per heavy atom. The summed E-state index contributed by atoms with van der Waals surface area (Å²) in [6.07, 6.45) is 0.342. The van der Waals surface area contributed by atoms with E-state index >= 15 is 0 Å². The Kier molecular flexibility index (Phi) is 5.78. The Balaban J connectivity index is 2.70. The first kappa shape index (κ1) is 17.5. The predicted molar refractivity (Wildman–Crippen MR) is 84.1 cm³/mol. The number of rotatable bonds is 5. The first-order chi connectivity index (χ1) is 9.63. The third-order valence-corrected chi connectivity index (χ3v) is 3.04. The number of ether oxygens (including phenoxy) is 1. The molecule has 0 unspecified atom stereocenters. The van der Waals surface area contributed by atoms with Gasteiger partial charge in [0.2, 0.25) is 0 Å². The minimum atomic E-state index is -0.498. The molecule has 0 radical (unpaired) electrons. The third-order valence-electron chi connectivity index (χ3n) is 3.04. The summed E-state index contributed by atoms with van der Waals surface area (Å²) in [5.74, 6) is 0. The van der Waals surface area contributed by atoms with Gasteiger partial charge in [0, 0.05) is 13.2 Å². The molecule has 0 atom stereocenters. The van der Waals surface area contributed by atoms with Gasteiger partial charge in [0.05, 0.1) is 0 Å². The van der Waals surface area contributed by atoms with Crippen molar-refractivity contribution in [3.05, 3.63) is 35.4 Å². The SMILES string of the molecule is CC(C)(CO)Cc1ccccc1CNC(=O)OC(C)(C)C. The third kappa shape index (κ3) is 6.63. The number of aliphatic hydroxyl groups excluding tert-OH is 1. The normalized spacial score (nSPS) is 12.1. The summed E-state index contributed by atoms with van der Waals surface area (Å²) in [5, 5.41) is 12.2. The van der Waals surface area contributed by atoms with Crippen LogP contribution in [0.15, 0.2) is 24.3 Å². The highest BCUT2D eigenvalue weighted by atomic mass is 16.6. The second-order valence-corrected chi connectivity index (χ2v) is 7.12. The summed E-state index contributed by atoms with van der Waals surface area (Å²) in [6.45, 7) is 10.1. The van der Waals surface area contributed by atoms with E-state index in [1.54, 1.807) is 0 Å². The van der Waals surface area contributed by atoms with Gasteiger partial charge in [-0.05, 0) is 43.7 Å². The molecule has 0 saturated carbocycles. The van der Waals surface area contributed by atoms with E-state index in [1.807, 2.05) is 58.9 Å². The molecule has 21 heavy (non-hydrogen) atoms. The van der Waals surface area contributed by atoms with Crippen molar-refractivity contribution in [2.75, 3.05) is 6.61 Å². The lowest BCUT2D eigenvalue weighted by molar-refractivity contribution is 0.0523. The molecule has 0 spiro atoms. The van der Waals surface area contributed by atoms with Crippen molar-refractivity contribution >= 4 is 6.09 Å². The lowest BCUT2D eigenvalue weighted by Gasteiger charge is -2.24. The van der Waals surface area contributed by atoms with Gasteiger partial charge in [-0.3, -0.25) is 0 Å². The fourth-order valence-electron chi connectivity index (χ4n) is 1.96. The summed E-state index contributed by atoms with van der Waals surface area (Å²) < 4.78 is 5.23. The van der Waals surface area contributed by atoms with Crippen LogP contribution in [0.4, 0.5) is 4.79 Å². The van der Waals surface area contributed by atoms with Crippen LogP contribution in [0.5, 0.6) is 0 Å². The van der Waals surface area contributed by atoms with Gasteiger partial charge in [-0.25, -0.2) is 4.79 Å². The van der Waals surface area contributed by atoms with Crippen LogP contribution >= 0.6 is 0 Å². The molecule has 0 aliphatic carbocycles. The number of hydrogen-bond acceptors (Lipinski definition) is 3. The average Bonchev–Trinajstić information content (AvgIpc) is 2.35. The van der Waals surface area contributed by atoms with Gasteiger partial charge in [0.25, 0.3) is 0 Å². The number of alkyl carbamates (subject to hydrolysis) is 1. The summed E-state index contributed by atoms with van der Waals surface area (Å²) in [5.41, 5.74) is 1.50. The molecule has 1 aromatic carbocycles. The van der Waals surface area contributed by atoms with Crippen molar-refractivity contribution in [3.8, 4) is 0 Å². The van der Waals surface area contributed by atoms with Crippen LogP contribution in [0.3, 0.4) is 0 Å². The summed E-state index contributed by atoms with van der Waals surface area (Å²) in [7, 11) is 0. The molecule has 1 aromatic rings. The first-order valence-corrected chi connectivity index (χ1v) is 7.27. The van der Waals surface area contributed by atoms with Crippen LogP contribution in [0.2, 0.25) is 0 Å². The molecule has 4 heteroatoms. The molecule has 1 rings (SSSR count). The number of nitrogens with one attached hydrogen (secondary N) is 1. The first-order valence-electron chi connectivity index (χ1n) is 7.27. The highest BCUT2D eigenvalue weighted by Gasteiger charge is 2.20. The molecule has 0 bridgehead atoms. The summed E-state index contributed by atoms with van der Waals surface area (Å²) in [6, 6.07) is 7.94. The molecule has 0 saturated heterocycles. The van der Waals surface area contributed by atoms with Crippen LogP contribution in [0.25, 0.3) is 0 Å². The van der Waals surface area contributed by atoms with Gasteiger partial charge in [-0.2, -0.15) is 0 Å². The second-order valence-electron chi connectivity index (χ2n) is 7.12. The molecule has 0 aliphatic rings. The molecule has 1 amide bonds. The van der Waals surface area contributed by atoms with E-state index in [4.69, 9.17) is 4.74 Å². The van der Waals surface area contributed by atoms with Crippen molar-refractivity contribution < 1.29 is 14.6 Å². The molecule has 0 heterocycles. The topological polar surface area (TPSA) is 58.6 Å². The molecule has 4 nitrogen and oxygen atoms in total. The number of hydrogen-bond donors (Lipinski definition) is 2. The Hall–Kier alpha value is -1.55. The fourth-order valence-corrected chi connectivity index (χ4v) is 1.96. The molecule has 0 aliphatic heterocycles.